The summed E-state index contributed by atoms with van der Waals surface area (Å²) in [5.74, 6) is 1.79. The van der Waals surface area contributed by atoms with Crippen molar-refractivity contribution in [1.82, 2.24) is 14.9 Å². The minimum Gasteiger partial charge on any atom is -0.383 e. The predicted octanol–water partition coefficient (Wildman–Crippen LogP) is 2.20. The van der Waals surface area contributed by atoms with E-state index in [1.807, 2.05) is 7.05 Å². The van der Waals surface area contributed by atoms with E-state index in [0.717, 1.165) is 48.1 Å². The van der Waals surface area contributed by atoms with Crippen LogP contribution in [0.2, 0.25) is 0 Å². The van der Waals surface area contributed by atoms with Gasteiger partial charge in [0.15, 0.2) is 0 Å². The predicted molar refractivity (Wildman–Crippen MR) is 79.8 cm³/mol. The maximum Gasteiger partial charge on any atom is 0.146 e. The maximum absolute atomic E-state index is 5.08. The van der Waals surface area contributed by atoms with Crippen molar-refractivity contribution in [2.45, 2.75) is 13.5 Å². The summed E-state index contributed by atoms with van der Waals surface area (Å²) in [4.78, 5) is 12.4. The molecule has 2 rings (SSSR count). The van der Waals surface area contributed by atoms with E-state index in [-0.39, 0.29) is 0 Å². The lowest BCUT2D eigenvalue weighted by Crippen LogP contribution is -2.23. The van der Waals surface area contributed by atoms with Gasteiger partial charge in [0.05, 0.1) is 18.5 Å². The molecule has 0 aromatic carbocycles. The summed E-state index contributed by atoms with van der Waals surface area (Å²) < 4.78 is 5.08. The fourth-order valence-corrected chi connectivity index (χ4v) is 2.62. The van der Waals surface area contributed by atoms with Crippen LogP contribution in [0.4, 0.5) is 5.82 Å². The van der Waals surface area contributed by atoms with Gasteiger partial charge < -0.3 is 10.1 Å². The number of methoxy groups -OCH3 is 1. The molecule has 0 bridgehead atoms. The van der Waals surface area contributed by atoms with E-state index < -0.39 is 0 Å². The van der Waals surface area contributed by atoms with Crippen molar-refractivity contribution in [1.29, 1.82) is 0 Å². The second kappa shape index (κ2) is 6.79. The van der Waals surface area contributed by atoms with Gasteiger partial charge in [0.1, 0.15) is 16.5 Å². The standard InChI is InChI=1S/C13H20N4OS/c1-4-14-12-10-5-8-19-13(10)16-11(15-12)9-17(2)6-7-18-3/h5,8H,4,6-7,9H2,1-3H3,(H,14,15,16). The van der Waals surface area contributed by atoms with Gasteiger partial charge in [-0.1, -0.05) is 0 Å². The van der Waals surface area contributed by atoms with Crippen LogP contribution >= 0.6 is 11.3 Å². The van der Waals surface area contributed by atoms with Gasteiger partial charge in [-0.3, -0.25) is 4.90 Å². The average Bonchev–Trinajstić information content (AvgIpc) is 2.85. The van der Waals surface area contributed by atoms with E-state index >= 15 is 0 Å². The third kappa shape index (κ3) is 3.62. The van der Waals surface area contributed by atoms with Gasteiger partial charge in [0.2, 0.25) is 0 Å². The largest absolute Gasteiger partial charge is 0.383 e. The van der Waals surface area contributed by atoms with Gasteiger partial charge in [0, 0.05) is 20.2 Å². The molecule has 0 atom stereocenters. The number of hydrogen-bond acceptors (Lipinski definition) is 6. The quantitative estimate of drug-likeness (QED) is 0.842. The number of aromatic nitrogens is 2. The van der Waals surface area contributed by atoms with Gasteiger partial charge in [0.25, 0.3) is 0 Å². The zero-order valence-electron chi connectivity index (χ0n) is 11.6. The number of nitrogens with zero attached hydrogens (tertiary/aromatic N) is 3. The third-order valence-corrected chi connectivity index (χ3v) is 3.61. The molecular weight excluding hydrogens is 260 g/mol. The molecule has 0 unspecified atom stereocenters. The number of anilines is 1. The Hall–Kier alpha value is -1.24. The molecule has 6 heteroatoms. The van der Waals surface area contributed by atoms with Crippen LogP contribution in [-0.4, -0.2) is 48.7 Å². The van der Waals surface area contributed by atoms with E-state index in [2.05, 4.69) is 38.6 Å². The number of rotatable bonds is 7. The Morgan fingerprint density at radius 3 is 3.00 bits per heavy atom. The molecule has 0 aliphatic rings. The van der Waals surface area contributed by atoms with Crippen molar-refractivity contribution in [3.63, 3.8) is 0 Å². The lowest BCUT2D eigenvalue weighted by molar-refractivity contribution is 0.157. The summed E-state index contributed by atoms with van der Waals surface area (Å²) in [6.45, 7) is 5.26. The molecule has 104 valence electrons. The highest BCUT2D eigenvalue weighted by Crippen LogP contribution is 2.25. The number of nitrogens with one attached hydrogen (secondary N) is 1. The first-order valence-corrected chi connectivity index (χ1v) is 7.28. The Morgan fingerprint density at radius 2 is 2.26 bits per heavy atom. The van der Waals surface area contributed by atoms with Crippen LogP contribution in [0, 0.1) is 0 Å². The molecule has 0 saturated carbocycles. The average molecular weight is 280 g/mol. The summed E-state index contributed by atoms with van der Waals surface area (Å²) in [6, 6.07) is 2.07. The van der Waals surface area contributed by atoms with Gasteiger partial charge in [-0.25, -0.2) is 9.97 Å². The first-order valence-electron chi connectivity index (χ1n) is 6.40. The summed E-state index contributed by atoms with van der Waals surface area (Å²) in [7, 11) is 3.76. The van der Waals surface area contributed by atoms with Gasteiger partial charge in [-0.2, -0.15) is 0 Å². The smallest absolute Gasteiger partial charge is 0.146 e. The summed E-state index contributed by atoms with van der Waals surface area (Å²) in [5.41, 5.74) is 0. The zero-order chi connectivity index (χ0) is 13.7. The van der Waals surface area contributed by atoms with Gasteiger partial charge in [-0.05, 0) is 25.4 Å². The molecule has 0 fully saturated rings. The van der Waals surface area contributed by atoms with Gasteiger partial charge in [-0.15, -0.1) is 11.3 Å². The SMILES string of the molecule is CCNc1nc(CN(C)CCOC)nc2sccc12. The summed E-state index contributed by atoms with van der Waals surface area (Å²) in [6.07, 6.45) is 0. The highest BCUT2D eigenvalue weighted by Gasteiger charge is 2.10. The van der Waals surface area contributed by atoms with Crippen molar-refractivity contribution < 1.29 is 4.74 Å². The summed E-state index contributed by atoms with van der Waals surface area (Å²) in [5, 5.41) is 6.47. The molecule has 0 radical (unpaired) electrons. The Labute approximate surface area is 117 Å². The van der Waals surface area contributed by atoms with Gasteiger partial charge >= 0.3 is 0 Å². The number of ether oxygens (including phenoxy) is 1. The Morgan fingerprint density at radius 1 is 1.42 bits per heavy atom. The van der Waals surface area contributed by atoms with E-state index in [1.54, 1.807) is 18.4 Å². The Kier molecular flexibility index (Phi) is 5.07. The van der Waals surface area contributed by atoms with E-state index in [9.17, 15) is 0 Å². The molecule has 0 amide bonds. The van der Waals surface area contributed by atoms with E-state index in [0.29, 0.717) is 0 Å². The Balaban J connectivity index is 2.18. The first-order chi connectivity index (χ1) is 9.24. The van der Waals surface area contributed by atoms with Crippen LogP contribution < -0.4 is 5.32 Å². The van der Waals surface area contributed by atoms with Crippen LogP contribution in [-0.2, 0) is 11.3 Å². The number of likely N-dealkylation sites (N-methyl/N-ethyl adjacent to an activating group) is 1. The molecule has 2 heterocycles. The maximum atomic E-state index is 5.08. The second-order valence-electron chi connectivity index (χ2n) is 4.39. The number of fused-ring (bicyclic) bond motifs is 1. The van der Waals surface area contributed by atoms with Crippen LogP contribution in [0.25, 0.3) is 10.2 Å². The van der Waals surface area contributed by atoms with Crippen molar-refractivity contribution in [2.75, 3.05) is 39.2 Å². The van der Waals surface area contributed by atoms with E-state index in [1.165, 1.54) is 0 Å². The van der Waals surface area contributed by atoms with Crippen molar-refractivity contribution in [2.24, 2.45) is 0 Å². The van der Waals surface area contributed by atoms with Crippen LogP contribution in [0.15, 0.2) is 11.4 Å². The number of hydrogen-bond donors (Lipinski definition) is 1. The molecule has 0 saturated heterocycles. The van der Waals surface area contributed by atoms with Crippen molar-refractivity contribution in [3.05, 3.63) is 17.3 Å². The minimum absolute atomic E-state index is 0.720. The number of thiophene rings is 1. The van der Waals surface area contributed by atoms with Crippen molar-refractivity contribution >= 4 is 27.4 Å². The normalized spacial score (nSPS) is 11.4. The van der Waals surface area contributed by atoms with Crippen molar-refractivity contribution in [3.8, 4) is 0 Å². The Bertz CT molecular complexity index is 528. The molecule has 19 heavy (non-hydrogen) atoms. The zero-order valence-corrected chi connectivity index (χ0v) is 12.5. The third-order valence-electron chi connectivity index (χ3n) is 2.80. The van der Waals surface area contributed by atoms with Crippen LogP contribution in [0.1, 0.15) is 12.7 Å². The molecular formula is C13H20N4OS. The van der Waals surface area contributed by atoms with Crippen LogP contribution in [0.3, 0.4) is 0 Å². The molecule has 2 aromatic rings. The molecule has 5 nitrogen and oxygen atoms in total. The van der Waals surface area contributed by atoms with E-state index in [4.69, 9.17) is 4.74 Å². The molecule has 1 N–H and O–H groups in total. The van der Waals surface area contributed by atoms with Crippen LogP contribution in [0.5, 0.6) is 0 Å². The fraction of sp³-hybridized carbons (Fsp3) is 0.538. The highest BCUT2D eigenvalue weighted by molar-refractivity contribution is 7.16. The monoisotopic (exact) mass is 280 g/mol. The molecule has 2 aromatic heterocycles. The topological polar surface area (TPSA) is 50.3 Å². The minimum atomic E-state index is 0.720. The highest BCUT2D eigenvalue weighted by atomic mass is 32.1. The second-order valence-corrected chi connectivity index (χ2v) is 5.28. The fourth-order valence-electron chi connectivity index (χ4n) is 1.84. The summed E-state index contributed by atoms with van der Waals surface area (Å²) >= 11 is 1.65. The lowest BCUT2D eigenvalue weighted by atomic mass is 10.3. The molecule has 0 aliphatic heterocycles. The first kappa shape index (κ1) is 14.2. The molecule has 0 aliphatic carbocycles. The molecule has 0 spiro atoms. The lowest BCUT2D eigenvalue weighted by Gasteiger charge is -2.15.